The summed E-state index contributed by atoms with van der Waals surface area (Å²) in [5.41, 5.74) is 2.73. The van der Waals surface area contributed by atoms with E-state index in [1.165, 1.54) is 17.9 Å². The van der Waals surface area contributed by atoms with Gasteiger partial charge < -0.3 is 4.42 Å². The van der Waals surface area contributed by atoms with E-state index in [0.717, 1.165) is 36.8 Å². The quantitative estimate of drug-likeness (QED) is 0.562. The fourth-order valence-electron chi connectivity index (χ4n) is 3.87. The van der Waals surface area contributed by atoms with Gasteiger partial charge in [-0.05, 0) is 29.2 Å². The molecule has 0 aliphatic carbocycles. The van der Waals surface area contributed by atoms with E-state index in [0.29, 0.717) is 5.58 Å². The number of benzene rings is 2. The van der Waals surface area contributed by atoms with E-state index in [4.69, 9.17) is 4.42 Å². The molecule has 1 unspecified atom stereocenters. The van der Waals surface area contributed by atoms with Gasteiger partial charge in [0.25, 0.3) is 0 Å². The predicted octanol–water partition coefficient (Wildman–Crippen LogP) is 5.99. The lowest BCUT2D eigenvalue weighted by Crippen LogP contribution is -2.32. The van der Waals surface area contributed by atoms with Crippen LogP contribution >= 0.6 is 0 Å². The second-order valence-corrected chi connectivity index (χ2v) is 7.06. The van der Waals surface area contributed by atoms with Crippen molar-refractivity contribution in [1.82, 2.24) is 4.90 Å². The highest BCUT2D eigenvalue weighted by atomic mass is 19.4. The fraction of sp³-hybridized carbons (Fsp3) is 0.273. The van der Waals surface area contributed by atoms with E-state index in [-0.39, 0.29) is 11.3 Å². The number of hydrogen-bond acceptors (Lipinski definition) is 2. The van der Waals surface area contributed by atoms with Crippen molar-refractivity contribution in [2.24, 2.45) is 5.92 Å². The first-order chi connectivity index (χ1) is 12.9. The topological polar surface area (TPSA) is 16.4 Å². The van der Waals surface area contributed by atoms with Crippen molar-refractivity contribution >= 4 is 16.5 Å². The maximum Gasteiger partial charge on any atom is 0.417 e. The van der Waals surface area contributed by atoms with Gasteiger partial charge in [-0.15, -0.1) is 0 Å². The molecule has 140 valence electrons. The number of furan rings is 1. The van der Waals surface area contributed by atoms with Gasteiger partial charge in [0.1, 0.15) is 5.58 Å². The van der Waals surface area contributed by atoms with Crippen molar-refractivity contribution in [1.29, 1.82) is 0 Å². The molecule has 0 N–H and O–H groups in total. The molecule has 4 rings (SSSR count). The zero-order valence-electron chi connectivity index (χ0n) is 15.0. The van der Waals surface area contributed by atoms with Crippen LogP contribution in [0.1, 0.15) is 23.6 Å². The molecule has 3 aromatic rings. The lowest BCUT2D eigenvalue weighted by Gasteiger charge is -2.31. The number of halogens is 3. The molecule has 5 heteroatoms. The van der Waals surface area contributed by atoms with Crippen LogP contribution in [0.3, 0.4) is 0 Å². The first-order valence-corrected chi connectivity index (χ1v) is 8.97. The molecule has 0 bridgehead atoms. The van der Waals surface area contributed by atoms with Gasteiger partial charge in [-0.2, -0.15) is 13.2 Å². The van der Waals surface area contributed by atoms with Crippen molar-refractivity contribution in [2.45, 2.75) is 19.6 Å². The molecule has 0 radical (unpaired) electrons. The predicted molar refractivity (Wildman–Crippen MR) is 100 cm³/mol. The maximum atomic E-state index is 13.2. The summed E-state index contributed by atoms with van der Waals surface area (Å²) in [5.74, 6) is 0.201. The van der Waals surface area contributed by atoms with E-state index >= 15 is 0 Å². The number of nitrogens with zero attached hydrogens (tertiary/aromatic N) is 1. The highest BCUT2D eigenvalue weighted by molar-refractivity contribution is 5.92. The summed E-state index contributed by atoms with van der Waals surface area (Å²) < 4.78 is 45.2. The van der Waals surface area contributed by atoms with Crippen LogP contribution < -0.4 is 0 Å². The largest absolute Gasteiger partial charge is 0.464 e. The summed E-state index contributed by atoms with van der Waals surface area (Å²) >= 11 is 0. The third-order valence-corrected chi connectivity index (χ3v) is 5.11. The smallest absolute Gasteiger partial charge is 0.417 e. The average Bonchev–Trinajstić information content (AvgIpc) is 3.11. The molecule has 2 heterocycles. The maximum absolute atomic E-state index is 13.2. The number of alkyl halides is 3. The molecule has 0 amide bonds. The highest BCUT2D eigenvalue weighted by Gasteiger charge is 2.34. The summed E-state index contributed by atoms with van der Waals surface area (Å²) in [4.78, 5) is 2.34. The second kappa shape index (κ2) is 6.89. The molecule has 27 heavy (non-hydrogen) atoms. The fourth-order valence-corrected chi connectivity index (χ4v) is 3.87. The van der Waals surface area contributed by atoms with Gasteiger partial charge in [0.15, 0.2) is 0 Å². The van der Waals surface area contributed by atoms with Gasteiger partial charge in [0.2, 0.25) is 0 Å². The Balaban J connectivity index is 1.63. The van der Waals surface area contributed by atoms with Crippen molar-refractivity contribution in [3.05, 3.63) is 77.6 Å². The van der Waals surface area contributed by atoms with Crippen LogP contribution in [0, 0.1) is 5.92 Å². The Hall–Kier alpha value is -2.53. The second-order valence-electron chi connectivity index (χ2n) is 7.06. The molecule has 1 aliphatic rings. The Morgan fingerprint density at radius 3 is 2.56 bits per heavy atom. The van der Waals surface area contributed by atoms with E-state index in [2.05, 4.69) is 30.0 Å². The van der Waals surface area contributed by atoms with Gasteiger partial charge in [-0.3, -0.25) is 4.90 Å². The van der Waals surface area contributed by atoms with Gasteiger partial charge in [0, 0.05) is 30.6 Å². The highest BCUT2D eigenvalue weighted by Crippen LogP contribution is 2.40. The Morgan fingerprint density at radius 2 is 1.85 bits per heavy atom. The third-order valence-electron chi connectivity index (χ3n) is 5.11. The zero-order chi connectivity index (χ0) is 19.0. The van der Waals surface area contributed by atoms with E-state index in [1.54, 1.807) is 6.07 Å². The van der Waals surface area contributed by atoms with Crippen molar-refractivity contribution < 1.29 is 17.6 Å². The first-order valence-electron chi connectivity index (χ1n) is 8.97. The number of rotatable bonds is 3. The molecule has 0 fully saturated rings. The van der Waals surface area contributed by atoms with Gasteiger partial charge in [-0.25, -0.2) is 0 Å². The number of fused-ring (bicyclic) bond motifs is 1. The molecule has 1 aromatic heterocycles. The summed E-state index contributed by atoms with van der Waals surface area (Å²) in [6.45, 7) is 4.58. The Kier molecular flexibility index (Phi) is 4.56. The summed E-state index contributed by atoms with van der Waals surface area (Å²) in [6.07, 6.45) is -0.944. The lowest BCUT2D eigenvalue weighted by atomic mass is 9.88. The van der Waals surface area contributed by atoms with Crippen LogP contribution in [0.25, 0.3) is 16.5 Å². The van der Waals surface area contributed by atoms with Crippen LogP contribution in [0.4, 0.5) is 13.2 Å². The summed E-state index contributed by atoms with van der Waals surface area (Å²) in [6, 6.07) is 14.4. The molecular formula is C22H20F3NO. The minimum atomic E-state index is -4.39. The molecular weight excluding hydrogens is 351 g/mol. The van der Waals surface area contributed by atoms with Crippen molar-refractivity contribution in [2.75, 3.05) is 13.1 Å². The molecule has 0 saturated carbocycles. The first kappa shape index (κ1) is 17.9. The van der Waals surface area contributed by atoms with Crippen molar-refractivity contribution in [3.63, 3.8) is 0 Å². The Morgan fingerprint density at radius 1 is 1.07 bits per heavy atom. The van der Waals surface area contributed by atoms with Crippen LogP contribution in [0.15, 0.2) is 65.3 Å². The van der Waals surface area contributed by atoms with Crippen molar-refractivity contribution in [3.8, 4) is 0 Å². The summed E-state index contributed by atoms with van der Waals surface area (Å²) in [7, 11) is 0. The van der Waals surface area contributed by atoms with Gasteiger partial charge in [0.05, 0.1) is 11.8 Å². The van der Waals surface area contributed by atoms with E-state index < -0.39 is 11.7 Å². The average molecular weight is 371 g/mol. The van der Waals surface area contributed by atoms with Crippen LogP contribution in [0.5, 0.6) is 0 Å². The lowest BCUT2D eigenvalue weighted by molar-refractivity contribution is -0.136. The normalized spacial score (nSPS) is 18.7. The standard InChI is InChI=1S/C22H20F3NO/c1-15-13-26(14-16-5-3-2-4-6-16)11-9-17(15)18-7-8-20(22(23,24)25)19-10-12-27-21(18)19/h2-10,12,15H,11,13-14H2,1H3. The number of hydrogen-bond donors (Lipinski definition) is 0. The van der Waals surface area contributed by atoms with E-state index in [9.17, 15) is 13.2 Å². The minimum Gasteiger partial charge on any atom is -0.464 e. The Labute approximate surface area is 155 Å². The van der Waals surface area contributed by atoms with Gasteiger partial charge >= 0.3 is 6.18 Å². The molecule has 1 aliphatic heterocycles. The Bertz CT molecular complexity index is 972. The molecule has 2 aromatic carbocycles. The van der Waals surface area contributed by atoms with E-state index in [1.807, 2.05) is 18.2 Å². The van der Waals surface area contributed by atoms with Crippen LogP contribution in [0.2, 0.25) is 0 Å². The molecule has 2 nitrogen and oxygen atoms in total. The third kappa shape index (κ3) is 3.52. The molecule has 0 spiro atoms. The van der Waals surface area contributed by atoms with Gasteiger partial charge in [-0.1, -0.05) is 49.4 Å². The summed E-state index contributed by atoms with van der Waals surface area (Å²) in [5, 5.41) is 0.125. The SMILES string of the molecule is CC1CN(Cc2ccccc2)CC=C1c1ccc(C(F)(F)F)c2ccoc12. The zero-order valence-corrected chi connectivity index (χ0v) is 15.0. The monoisotopic (exact) mass is 371 g/mol. The minimum absolute atomic E-state index is 0.125. The van der Waals surface area contributed by atoms with Crippen LogP contribution in [-0.2, 0) is 12.7 Å². The van der Waals surface area contributed by atoms with Crippen LogP contribution in [-0.4, -0.2) is 18.0 Å². The molecule has 0 saturated heterocycles. The molecule has 1 atom stereocenters.